The fourth-order valence-corrected chi connectivity index (χ4v) is 11.8. The Morgan fingerprint density at radius 1 is 0.552 bits per heavy atom. The summed E-state index contributed by atoms with van der Waals surface area (Å²) in [4.78, 5) is 0. The molecule has 58 heavy (non-hydrogen) atoms. The molecule has 1 aliphatic rings. The van der Waals surface area contributed by atoms with Crippen LogP contribution < -0.4 is 35.2 Å². The molecule has 0 amide bonds. The number of aryl methyl sites for hydroxylation is 2. The third-order valence-corrected chi connectivity index (χ3v) is 15.5. The molecule has 296 valence electrons. The third-order valence-electron chi connectivity index (χ3n) is 10.6. The molecule has 7 aromatic carbocycles. The van der Waals surface area contributed by atoms with Crippen molar-refractivity contribution in [2.45, 2.75) is 72.4 Å². The topological polar surface area (TPSA) is 0 Å². The van der Waals surface area contributed by atoms with Gasteiger partial charge in [0.25, 0.3) is 0 Å². The number of halogens is 2. The minimum atomic E-state index is -1.57. The van der Waals surface area contributed by atoms with Crippen molar-refractivity contribution < 1.29 is 49.0 Å². The Morgan fingerprint density at radius 3 is 1.28 bits per heavy atom. The molecule has 0 saturated carbocycles. The van der Waals surface area contributed by atoms with E-state index < -0.39 is 16.1 Å². The Balaban J connectivity index is 0.000000268. The molecular weight excluding hydrogens is 855 g/mol. The second-order valence-corrected chi connectivity index (χ2v) is 29.0. The van der Waals surface area contributed by atoms with Crippen LogP contribution in [0.3, 0.4) is 0 Å². The van der Waals surface area contributed by atoms with E-state index in [2.05, 4.69) is 205 Å². The third kappa shape index (κ3) is 12.0. The fourth-order valence-electron chi connectivity index (χ4n) is 7.63. The zero-order valence-electron chi connectivity index (χ0n) is 35.4. The van der Waals surface area contributed by atoms with Crippen LogP contribution in [0.1, 0.15) is 28.7 Å². The second-order valence-electron chi connectivity index (χ2n) is 17.2. The van der Waals surface area contributed by atoms with E-state index in [1.54, 1.807) is 37.8 Å². The van der Waals surface area contributed by atoms with E-state index in [0.29, 0.717) is 0 Å². The van der Waals surface area contributed by atoms with Crippen LogP contribution in [0, 0.1) is 19.9 Å². The van der Waals surface area contributed by atoms with E-state index in [1.165, 1.54) is 66.1 Å². The van der Waals surface area contributed by atoms with Crippen LogP contribution in [0.4, 0.5) is 0 Å². The molecular formula is C53H56Cl2Si2Zr-2. The van der Waals surface area contributed by atoms with Crippen molar-refractivity contribution in [2.24, 2.45) is 0 Å². The molecule has 0 spiro atoms. The summed E-state index contributed by atoms with van der Waals surface area (Å²) in [5, 5.41) is 8.69. The number of rotatable bonds is 8. The number of hydrogen-bond donors (Lipinski definition) is 0. The number of fused-ring (bicyclic) bond motifs is 3. The summed E-state index contributed by atoms with van der Waals surface area (Å²) in [5.41, 5.74) is 11.1. The van der Waals surface area contributed by atoms with E-state index in [-0.39, 0.29) is 24.8 Å². The van der Waals surface area contributed by atoms with Crippen LogP contribution >= 0.6 is 0 Å². The van der Waals surface area contributed by atoms with Gasteiger partial charge in [-0.05, 0) is 36.1 Å². The van der Waals surface area contributed by atoms with Crippen LogP contribution in [-0.2, 0) is 37.1 Å². The van der Waals surface area contributed by atoms with Crippen LogP contribution in [0.15, 0.2) is 158 Å². The van der Waals surface area contributed by atoms with Gasteiger partial charge in [0.1, 0.15) is 0 Å². The van der Waals surface area contributed by atoms with Crippen molar-refractivity contribution in [2.75, 3.05) is 0 Å². The monoisotopic (exact) mass is 908 g/mol. The number of allylic oxidation sites excluding steroid dienone is 4. The van der Waals surface area contributed by atoms with Gasteiger partial charge in [0.2, 0.25) is 0 Å². The molecule has 0 aliphatic heterocycles. The summed E-state index contributed by atoms with van der Waals surface area (Å²) in [7, 11) is -3.15. The molecule has 5 heteroatoms. The maximum absolute atomic E-state index is 2.99. The summed E-state index contributed by atoms with van der Waals surface area (Å²) in [6.07, 6.45) is 12.2. The van der Waals surface area contributed by atoms with E-state index >= 15 is 0 Å². The van der Waals surface area contributed by atoms with Gasteiger partial charge in [0.15, 0.2) is 0 Å². The Morgan fingerprint density at radius 2 is 0.948 bits per heavy atom. The normalized spacial score (nSPS) is 11.9. The van der Waals surface area contributed by atoms with Gasteiger partial charge < -0.3 is 24.8 Å². The summed E-state index contributed by atoms with van der Waals surface area (Å²) in [6.45, 7) is 19.3. The first-order valence-corrected chi connectivity index (χ1v) is 28.2. The van der Waals surface area contributed by atoms with Crippen molar-refractivity contribution in [3.8, 4) is 22.3 Å². The predicted octanol–water partition coefficient (Wildman–Crippen LogP) is 7.26. The van der Waals surface area contributed by atoms with Gasteiger partial charge >= 0.3 is 112 Å². The molecule has 0 unspecified atom stereocenters. The second kappa shape index (κ2) is 21.1. The van der Waals surface area contributed by atoms with Crippen molar-refractivity contribution in [3.63, 3.8) is 0 Å². The predicted molar refractivity (Wildman–Crippen MR) is 250 cm³/mol. The van der Waals surface area contributed by atoms with E-state index in [1.807, 2.05) is 12.2 Å². The van der Waals surface area contributed by atoms with Gasteiger partial charge in [-0.2, -0.15) is 6.08 Å². The van der Waals surface area contributed by atoms with Gasteiger partial charge in [-0.25, -0.2) is 12.2 Å². The van der Waals surface area contributed by atoms with Crippen molar-refractivity contribution in [1.82, 2.24) is 0 Å². The quantitative estimate of drug-likeness (QED) is 0.111. The Bertz CT molecular complexity index is 2330. The zero-order valence-corrected chi connectivity index (χ0v) is 41.4. The van der Waals surface area contributed by atoms with Gasteiger partial charge in [0.05, 0.1) is 16.1 Å². The first-order chi connectivity index (χ1) is 26.8. The van der Waals surface area contributed by atoms with Crippen molar-refractivity contribution in [3.05, 3.63) is 186 Å². The van der Waals surface area contributed by atoms with Crippen LogP contribution in [0.5, 0.6) is 0 Å². The fraction of sp³-hybridized carbons (Fsp3) is 0.208. The van der Waals surface area contributed by atoms with Gasteiger partial charge in [-0.1, -0.05) is 121 Å². The standard InChI is InChI=1S/C33H37Si2.C15H14.C5H5.2ClH.Zr/c1-22-13-9-11-15-26(22)30-18-24-17-25-19-31(27-16-12-10-14-23(27)2)33(35(6,7)8)21-29(25)28(24)20-32(30)34(3,4)5;1-3-8-14(9-4-1)12-7-13-15-10-5-2-6-11-15;1-2-4-5-3-1;;;/h9-21H,1-8H3;1-6,8-11H,12-13H2;1-3H,4H2;2*1H;/q-1;;-1;;;+2/p-2. The molecule has 0 saturated heterocycles. The summed E-state index contributed by atoms with van der Waals surface area (Å²) in [5.74, 6) is 0. The Labute approximate surface area is 378 Å². The number of hydrogen-bond acceptors (Lipinski definition) is 0. The van der Waals surface area contributed by atoms with Gasteiger partial charge in [0, 0.05) is 0 Å². The minimum absolute atomic E-state index is 0. The molecule has 0 fully saturated rings. The average molecular weight is 911 g/mol. The molecule has 0 N–H and O–H groups in total. The van der Waals surface area contributed by atoms with E-state index in [9.17, 15) is 0 Å². The summed E-state index contributed by atoms with van der Waals surface area (Å²) >= 11 is 1.55. The van der Waals surface area contributed by atoms with Crippen LogP contribution in [0.25, 0.3) is 43.8 Å². The molecule has 0 aromatic heterocycles. The Hall–Kier alpha value is -3.56. The summed E-state index contributed by atoms with van der Waals surface area (Å²) in [6, 6.07) is 51.6. The summed E-state index contributed by atoms with van der Waals surface area (Å²) < 4.78 is 1.60. The molecule has 1 aliphatic carbocycles. The first kappa shape index (κ1) is 47.1. The van der Waals surface area contributed by atoms with E-state index in [4.69, 9.17) is 0 Å². The zero-order chi connectivity index (χ0) is 39.9. The molecule has 0 nitrogen and oxygen atoms in total. The Kier molecular flexibility index (Phi) is 17.1. The van der Waals surface area contributed by atoms with E-state index in [0.717, 1.165) is 19.3 Å². The molecule has 0 atom stereocenters. The molecule has 0 heterocycles. The SMILES string of the molecule is Cc1ccccc1-c1cc2[cH-]c3cc(-c4ccccc4C)c([Si](C)(C)C)cc3c2cc1[Si](C)(C)C.[C-]1=CC=CC1.[Cl-].[Cl-].[Zr+2]=[C](Cc1ccccc1)Cc1ccccc1. The molecule has 0 radical (unpaired) electrons. The van der Waals surface area contributed by atoms with Gasteiger partial charge in [-0.15, -0.1) is 46.2 Å². The number of benzene rings is 6. The molecule has 8 rings (SSSR count). The van der Waals surface area contributed by atoms with Crippen molar-refractivity contribution >= 4 is 51.3 Å². The maximum atomic E-state index is 2.99. The van der Waals surface area contributed by atoms with Gasteiger partial charge in [-0.3, -0.25) is 6.08 Å². The average Bonchev–Trinajstić information content (AvgIpc) is 3.87. The van der Waals surface area contributed by atoms with Crippen LogP contribution in [0.2, 0.25) is 39.3 Å². The molecule has 0 bridgehead atoms. The molecule has 7 aromatic rings. The van der Waals surface area contributed by atoms with Crippen molar-refractivity contribution in [1.29, 1.82) is 0 Å². The van der Waals surface area contributed by atoms with Crippen LogP contribution in [-0.4, -0.2) is 19.4 Å². The first-order valence-electron chi connectivity index (χ1n) is 20.0.